The third-order valence-electron chi connectivity index (χ3n) is 3.10. The highest BCUT2D eigenvalue weighted by Gasteiger charge is 2.03. The van der Waals surface area contributed by atoms with Crippen LogP contribution >= 0.6 is 0 Å². The fraction of sp³-hybridized carbons (Fsp3) is 0.571. The molecule has 0 amide bonds. The number of hydrogen-bond acceptors (Lipinski definition) is 2. The van der Waals surface area contributed by atoms with Crippen molar-refractivity contribution in [2.24, 2.45) is 11.7 Å². The summed E-state index contributed by atoms with van der Waals surface area (Å²) in [5, 5.41) is 0. The van der Waals surface area contributed by atoms with Crippen LogP contribution in [0.3, 0.4) is 0 Å². The van der Waals surface area contributed by atoms with Gasteiger partial charge in [0.05, 0.1) is 0 Å². The molecule has 0 aliphatic heterocycles. The lowest BCUT2D eigenvalue weighted by atomic mass is 10.1. The smallest absolute Gasteiger partial charge is 0.123 e. The highest BCUT2D eigenvalue weighted by molar-refractivity contribution is 5.16. The maximum atomic E-state index is 12.7. The molecular weight excluding hydrogens is 215 g/mol. The molecule has 3 heteroatoms. The molecule has 0 spiro atoms. The summed E-state index contributed by atoms with van der Waals surface area (Å²) in [7, 11) is 2.12. The minimum atomic E-state index is -0.168. The third kappa shape index (κ3) is 5.80. The molecule has 1 aromatic rings. The van der Waals surface area contributed by atoms with Crippen molar-refractivity contribution in [3.05, 3.63) is 35.6 Å². The SMILES string of the molecule is CC(CN)CCN(C)CCc1ccc(F)cc1. The van der Waals surface area contributed by atoms with Gasteiger partial charge in [-0.15, -0.1) is 0 Å². The number of benzene rings is 1. The van der Waals surface area contributed by atoms with Gasteiger partial charge in [-0.1, -0.05) is 19.1 Å². The van der Waals surface area contributed by atoms with Gasteiger partial charge in [0.15, 0.2) is 0 Å². The predicted molar refractivity (Wildman–Crippen MR) is 70.4 cm³/mol. The number of rotatable bonds is 7. The maximum absolute atomic E-state index is 12.7. The number of likely N-dealkylation sites (N-methyl/N-ethyl adjacent to an activating group) is 1. The van der Waals surface area contributed by atoms with E-state index < -0.39 is 0 Å². The molecule has 0 radical (unpaired) electrons. The molecule has 2 N–H and O–H groups in total. The fourth-order valence-corrected chi connectivity index (χ4v) is 1.64. The van der Waals surface area contributed by atoms with E-state index in [0.29, 0.717) is 5.92 Å². The molecule has 0 saturated heterocycles. The number of nitrogens with two attached hydrogens (primary N) is 1. The van der Waals surface area contributed by atoms with E-state index in [-0.39, 0.29) is 5.82 Å². The van der Waals surface area contributed by atoms with Gasteiger partial charge in [-0.2, -0.15) is 0 Å². The number of halogens is 1. The van der Waals surface area contributed by atoms with Crippen molar-refractivity contribution in [1.82, 2.24) is 4.90 Å². The van der Waals surface area contributed by atoms with Gasteiger partial charge in [-0.05, 0) is 56.6 Å². The molecular formula is C14H23FN2. The van der Waals surface area contributed by atoms with E-state index in [9.17, 15) is 4.39 Å². The van der Waals surface area contributed by atoms with Gasteiger partial charge in [-0.3, -0.25) is 0 Å². The van der Waals surface area contributed by atoms with Crippen LogP contribution in [0, 0.1) is 11.7 Å². The summed E-state index contributed by atoms with van der Waals surface area (Å²) in [5.74, 6) is 0.419. The molecule has 1 unspecified atom stereocenters. The lowest BCUT2D eigenvalue weighted by Gasteiger charge is -2.18. The highest BCUT2D eigenvalue weighted by Crippen LogP contribution is 2.05. The molecule has 0 aliphatic carbocycles. The van der Waals surface area contributed by atoms with E-state index in [4.69, 9.17) is 5.73 Å². The van der Waals surface area contributed by atoms with E-state index in [0.717, 1.165) is 32.5 Å². The molecule has 96 valence electrons. The van der Waals surface area contributed by atoms with Crippen molar-refractivity contribution in [1.29, 1.82) is 0 Å². The molecule has 0 bridgehead atoms. The molecule has 1 aromatic carbocycles. The van der Waals surface area contributed by atoms with Crippen LogP contribution in [0.2, 0.25) is 0 Å². The van der Waals surface area contributed by atoms with E-state index in [1.54, 1.807) is 0 Å². The summed E-state index contributed by atoms with van der Waals surface area (Å²) in [6.07, 6.45) is 2.10. The minimum absolute atomic E-state index is 0.168. The lowest BCUT2D eigenvalue weighted by molar-refractivity contribution is 0.310. The van der Waals surface area contributed by atoms with E-state index in [1.165, 1.54) is 17.7 Å². The van der Waals surface area contributed by atoms with Crippen molar-refractivity contribution >= 4 is 0 Å². The second kappa shape index (κ2) is 7.41. The van der Waals surface area contributed by atoms with Crippen LogP contribution in [-0.4, -0.2) is 31.6 Å². The normalized spacial score (nSPS) is 13.0. The summed E-state index contributed by atoms with van der Waals surface area (Å²) in [5.41, 5.74) is 6.77. The lowest BCUT2D eigenvalue weighted by Crippen LogP contribution is -2.25. The van der Waals surface area contributed by atoms with Crippen LogP contribution in [0.1, 0.15) is 18.9 Å². The van der Waals surface area contributed by atoms with Crippen LogP contribution in [0.15, 0.2) is 24.3 Å². The van der Waals surface area contributed by atoms with Crippen molar-refractivity contribution in [3.8, 4) is 0 Å². The zero-order valence-electron chi connectivity index (χ0n) is 10.8. The van der Waals surface area contributed by atoms with Gasteiger partial charge >= 0.3 is 0 Å². The van der Waals surface area contributed by atoms with Gasteiger partial charge in [0.2, 0.25) is 0 Å². The van der Waals surface area contributed by atoms with Crippen molar-refractivity contribution in [2.75, 3.05) is 26.7 Å². The first-order valence-electron chi connectivity index (χ1n) is 6.25. The van der Waals surface area contributed by atoms with Gasteiger partial charge in [-0.25, -0.2) is 4.39 Å². The van der Waals surface area contributed by atoms with Crippen molar-refractivity contribution in [3.63, 3.8) is 0 Å². The zero-order chi connectivity index (χ0) is 12.7. The number of hydrogen-bond donors (Lipinski definition) is 1. The van der Waals surface area contributed by atoms with Crippen LogP contribution in [0.4, 0.5) is 4.39 Å². The fourth-order valence-electron chi connectivity index (χ4n) is 1.64. The molecule has 0 fully saturated rings. The Morgan fingerprint density at radius 2 is 1.88 bits per heavy atom. The second-order valence-electron chi connectivity index (χ2n) is 4.81. The van der Waals surface area contributed by atoms with E-state index in [1.807, 2.05) is 12.1 Å². The highest BCUT2D eigenvalue weighted by atomic mass is 19.1. The number of nitrogens with zero attached hydrogens (tertiary/aromatic N) is 1. The standard InChI is InChI=1S/C14H23FN2/c1-12(11-16)7-9-17(2)10-8-13-3-5-14(15)6-4-13/h3-6,12H,7-11,16H2,1-2H3. The average Bonchev–Trinajstić information content (AvgIpc) is 2.35. The molecule has 2 nitrogen and oxygen atoms in total. The Morgan fingerprint density at radius 3 is 2.47 bits per heavy atom. The van der Waals surface area contributed by atoms with Crippen LogP contribution < -0.4 is 5.73 Å². The predicted octanol–water partition coefficient (Wildman–Crippen LogP) is 2.28. The Labute approximate surface area is 104 Å². The van der Waals surface area contributed by atoms with Crippen LogP contribution in [-0.2, 0) is 6.42 Å². The summed E-state index contributed by atoms with van der Waals surface area (Å²) in [4.78, 5) is 2.30. The first-order valence-corrected chi connectivity index (χ1v) is 6.25. The van der Waals surface area contributed by atoms with Gasteiger partial charge in [0, 0.05) is 6.54 Å². The molecule has 0 aromatic heterocycles. The topological polar surface area (TPSA) is 29.3 Å². The molecule has 0 heterocycles. The maximum Gasteiger partial charge on any atom is 0.123 e. The Hall–Kier alpha value is -0.930. The third-order valence-corrected chi connectivity index (χ3v) is 3.10. The Bertz CT molecular complexity index is 311. The second-order valence-corrected chi connectivity index (χ2v) is 4.81. The van der Waals surface area contributed by atoms with Crippen LogP contribution in [0.5, 0.6) is 0 Å². The monoisotopic (exact) mass is 238 g/mol. The Balaban J connectivity index is 2.23. The molecule has 1 atom stereocenters. The zero-order valence-corrected chi connectivity index (χ0v) is 10.8. The van der Waals surface area contributed by atoms with Crippen LogP contribution in [0.25, 0.3) is 0 Å². The van der Waals surface area contributed by atoms with Gasteiger partial charge in [0.25, 0.3) is 0 Å². The first kappa shape index (κ1) is 14.1. The Morgan fingerprint density at radius 1 is 1.24 bits per heavy atom. The summed E-state index contributed by atoms with van der Waals surface area (Å²) in [6.45, 7) is 5.00. The van der Waals surface area contributed by atoms with Crippen molar-refractivity contribution in [2.45, 2.75) is 19.8 Å². The summed E-state index contributed by atoms with van der Waals surface area (Å²) in [6, 6.07) is 6.75. The van der Waals surface area contributed by atoms with Gasteiger partial charge in [0.1, 0.15) is 5.82 Å². The van der Waals surface area contributed by atoms with E-state index in [2.05, 4.69) is 18.9 Å². The molecule has 0 aliphatic rings. The molecule has 0 saturated carbocycles. The first-order chi connectivity index (χ1) is 8.11. The van der Waals surface area contributed by atoms with Gasteiger partial charge < -0.3 is 10.6 Å². The largest absolute Gasteiger partial charge is 0.330 e. The van der Waals surface area contributed by atoms with E-state index >= 15 is 0 Å². The van der Waals surface area contributed by atoms with Crippen molar-refractivity contribution < 1.29 is 4.39 Å². The Kier molecular flexibility index (Phi) is 6.16. The summed E-state index contributed by atoms with van der Waals surface area (Å²) < 4.78 is 12.7. The average molecular weight is 238 g/mol. The minimum Gasteiger partial charge on any atom is -0.330 e. The molecule has 17 heavy (non-hydrogen) atoms. The summed E-state index contributed by atoms with van der Waals surface area (Å²) >= 11 is 0. The molecule has 1 rings (SSSR count). The quantitative estimate of drug-likeness (QED) is 0.789.